The Morgan fingerprint density at radius 2 is 0.917 bits per heavy atom. The first kappa shape index (κ1) is 26.6. The van der Waals surface area contributed by atoms with E-state index in [4.69, 9.17) is 24.3 Å². The molecule has 0 radical (unpaired) electrons. The van der Waals surface area contributed by atoms with Crippen molar-refractivity contribution < 1.29 is 9.59 Å². The summed E-state index contributed by atoms with van der Waals surface area (Å²) >= 11 is 0. The minimum Gasteiger partial charge on any atom is -0.305 e. The molecule has 0 bridgehead atoms. The van der Waals surface area contributed by atoms with Gasteiger partial charge in [-0.25, -0.2) is 0 Å². The summed E-state index contributed by atoms with van der Waals surface area (Å²) in [5.41, 5.74) is 14.4. The first-order valence-electron chi connectivity index (χ1n) is 11.8. The van der Waals surface area contributed by atoms with Crippen LogP contribution in [0.4, 0.5) is 0 Å². The maximum atomic E-state index is 13.4. The predicted molar refractivity (Wildman–Crippen MR) is 145 cm³/mol. The van der Waals surface area contributed by atoms with Gasteiger partial charge in [-0.05, 0) is 36.1 Å². The van der Waals surface area contributed by atoms with Crippen LogP contribution in [0.1, 0.15) is 59.1 Å². The fourth-order valence-corrected chi connectivity index (χ4v) is 4.29. The minimum atomic E-state index is -1.66. The van der Waals surface area contributed by atoms with Crippen molar-refractivity contribution in [3.05, 3.63) is 106 Å². The van der Waals surface area contributed by atoms with Crippen LogP contribution in [0.25, 0.3) is 0 Å². The normalized spacial score (nSPS) is 15.9. The van der Waals surface area contributed by atoms with Crippen LogP contribution in [0.3, 0.4) is 0 Å². The second kappa shape index (κ2) is 10.3. The van der Waals surface area contributed by atoms with Gasteiger partial charge in [-0.3, -0.25) is 9.59 Å². The predicted octanol–water partition coefficient (Wildman–Crippen LogP) is 4.62. The molecule has 3 aromatic rings. The van der Waals surface area contributed by atoms with Gasteiger partial charge in [-0.1, -0.05) is 110 Å². The maximum Gasteiger partial charge on any atom is 0.176 e. The molecule has 4 unspecified atom stereocenters. The zero-order valence-corrected chi connectivity index (χ0v) is 21.2. The van der Waals surface area contributed by atoms with Gasteiger partial charge in [0.2, 0.25) is 0 Å². The van der Waals surface area contributed by atoms with Crippen LogP contribution >= 0.6 is 0 Å². The summed E-state index contributed by atoms with van der Waals surface area (Å²) in [5, 5.41) is 0. The molecule has 36 heavy (non-hydrogen) atoms. The molecule has 0 aliphatic carbocycles. The molecule has 0 aliphatic rings. The summed E-state index contributed by atoms with van der Waals surface area (Å²) in [6, 6.07) is 21.8. The average Bonchev–Trinajstić information content (AvgIpc) is 2.91. The Bertz CT molecular complexity index is 1240. The monoisotopic (exact) mass is 476 g/mol. The Labute approximate surface area is 214 Å². The van der Waals surface area contributed by atoms with Crippen molar-refractivity contribution in [2.24, 2.45) is 11.5 Å². The van der Waals surface area contributed by atoms with Gasteiger partial charge in [0, 0.05) is 11.8 Å². The van der Waals surface area contributed by atoms with Crippen LogP contribution in [-0.4, -0.2) is 11.6 Å². The number of terminal acetylenes is 2. The Kier molecular flexibility index (Phi) is 7.65. The summed E-state index contributed by atoms with van der Waals surface area (Å²) < 4.78 is 0. The molecule has 4 atom stereocenters. The lowest BCUT2D eigenvalue weighted by Crippen LogP contribution is -2.47. The van der Waals surface area contributed by atoms with E-state index in [1.165, 1.54) is 0 Å². The number of ketones is 2. The van der Waals surface area contributed by atoms with Crippen molar-refractivity contribution in [3.63, 3.8) is 0 Å². The molecule has 0 saturated carbocycles. The van der Waals surface area contributed by atoms with Crippen LogP contribution in [0.5, 0.6) is 0 Å². The fraction of sp³-hybridized carbons (Fsp3) is 0.250. The van der Waals surface area contributed by atoms with E-state index in [1.807, 2.05) is 62.4 Å². The second-order valence-electron chi connectivity index (χ2n) is 9.48. The van der Waals surface area contributed by atoms with Crippen LogP contribution in [0, 0.1) is 38.5 Å². The third kappa shape index (κ3) is 4.88. The number of carbonyl (C=O) groups is 2. The number of hydrogen-bond donors (Lipinski definition) is 2. The number of benzene rings is 3. The lowest BCUT2D eigenvalue weighted by molar-refractivity contribution is -0.124. The van der Waals surface area contributed by atoms with E-state index in [2.05, 4.69) is 11.8 Å². The van der Waals surface area contributed by atoms with E-state index < -0.39 is 22.9 Å². The van der Waals surface area contributed by atoms with Crippen molar-refractivity contribution in [3.8, 4) is 24.7 Å². The van der Waals surface area contributed by atoms with Gasteiger partial charge in [0.25, 0.3) is 0 Å². The summed E-state index contributed by atoms with van der Waals surface area (Å²) in [4.78, 5) is 26.8. The van der Waals surface area contributed by atoms with Crippen LogP contribution in [-0.2, 0) is 20.7 Å². The molecule has 0 aliphatic heterocycles. The third-order valence-electron chi connectivity index (χ3n) is 6.97. The molecule has 0 fully saturated rings. The standard InChI is InChI=1S/C32H32N2O2/c1-7-31(33,29(35)23(5)25-13-9-21(3)10-14-25)27-17-19-28(20-18-27)32(34,8-2)30(36)24(6)26-15-11-22(4)12-16-26/h1-2,9-20,23-24H,33-34H2,3-6H3. The van der Waals surface area contributed by atoms with Gasteiger partial charge >= 0.3 is 0 Å². The second-order valence-corrected chi connectivity index (χ2v) is 9.48. The quantitative estimate of drug-likeness (QED) is 0.465. The number of Topliss-reactive ketones (excluding diaryl/α,β-unsaturated/α-hetero) is 2. The van der Waals surface area contributed by atoms with E-state index >= 15 is 0 Å². The Morgan fingerprint density at radius 1 is 0.639 bits per heavy atom. The highest BCUT2D eigenvalue weighted by atomic mass is 16.1. The Balaban J connectivity index is 1.91. The summed E-state index contributed by atoms with van der Waals surface area (Å²) in [5.74, 6) is 3.34. The first-order chi connectivity index (χ1) is 17.0. The van der Waals surface area contributed by atoms with Gasteiger partial charge in [0.05, 0.1) is 0 Å². The van der Waals surface area contributed by atoms with Gasteiger partial charge in [-0.15, -0.1) is 12.8 Å². The lowest BCUT2D eigenvalue weighted by atomic mass is 9.76. The van der Waals surface area contributed by atoms with Gasteiger partial charge in [0.15, 0.2) is 22.6 Å². The summed E-state index contributed by atoms with van der Waals surface area (Å²) in [6.45, 7) is 7.53. The van der Waals surface area contributed by atoms with E-state index in [0.29, 0.717) is 11.1 Å². The number of carbonyl (C=O) groups excluding carboxylic acids is 2. The van der Waals surface area contributed by atoms with Crippen molar-refractivity contribution in [2.75, 3.05) is 0 Å². The molecule has 3 rings (SSSR count). The Hall–Kier alpha value is -3.96. The zero-order valence-electron chi connectivity index (χ0n) is 21.2. The molecule has 3 aromatic carbocycles. The summed E-state index contributed by atoms with van der Waals surface area (Å²) in [6.07, 6.45) is 11.6. The molecular weight excluding hydrogens is 444 g/mol. The van der Waals surface area contributed by atoms with Crippen LogP contribution in [0.2, 0.25) is 0 Å². The highest BCUT2D eigenvalue weighted by Gasteiger charge is 2.40. The van der Waals surface area contributed by atoms with Crippen LogP contribution in [0.15, 0.2) is 72.8 Å². The third-order valence-corrected chi connectivity index (χ3v) is 6.97. The van der Waals surface area contributed by atoms with Crippen molar-refractivity contribution in [2.45, 2.75) is 50.6 Å². The van der Waals surface area contributed by atoms with E-state index in [1.54, 1.807) is 38.1 Å². The summed E-state index contributed by atoms with van der Waals surface area (Å²) in [7, 11) is 0. The molecule has 182 valence electrons. The average molecular weight is 477 g/mol. The maximum absolute atomic E-state index is 13.4. The molecule has 4 nitrogen and oxygen atoms in total. The molecule has 4 heteroatoms. The highest BCUT2D eigenvalue weighted by molar-refractivity contribution is 5.99. The number of hydrogen-bond acceptors (Lipinski definition) is 4. The lowest BCUT2D eigenvalue weighted by Gasteiger charge is -2.29. The smallest absolute Gasteiger partial charge is 0.176 e. The number of aryl methyl sites for hydroxylation is 2. The molecule has 0 saturated heterocycles. The van der Waals surface area contributed by atoms with E-state index in [9.17, 15) is 9.59 Å². The molecule has 0 aromatic heterocycles. The Morgan fingerprint density at radius 3 is 1.17 bits per heavy atom. The molecular formula is C32H32N2O2. The van der Waals surface area contributed by atoms with E-state index in [-0.39, 0.29) is 11.6 Å². The van der Waals surface area contributed by atoms with Crippen LogP contribution < -0.4 is 11.5 Å². The molecule has 0 amide bonds. The van der Waals surface area contributed by atoms with Gasteiger partial charge in [0.1, 0.15) is 0 Å². The fourth-order valence-electron chi connectivity index (χ4n) is 4.29. The molecule has 0 heterocycles. The largest absolute Gasteiger partial charge is 0.305 e. The topological polar surface area (TPSA) is 86.2 Å². The minimum absolute atomic E-state index is 0.304. The van der Waals surface area contributed by atoms with Gasteiger partial charge in [-0.2, -0.15) is 0 Å². The van der Waals surface area contributed by atoms with Crippen molar-refractivity contribution in [1.82, 2.24) is 0 Å². The number of rotatable bonds is 8. The number of nitrogens with two attached hydrogens (primary N) is 2. The zero-order chi connectivity index (χ0) is 26.7. The molecule has 0 spiro atoms. The van der Waals surface area contributed by atoms with E-state index in [0.717, 1.165) is 22.3 Å². The SMILES string of the molecule is C#CC(N)(C(=O)C(C)c1ccc(C)cc1)c1ccc(C(N)(C#C)C(=O)C(C)c2ccc(C)cc2)cc1. The van der Waals surface area contributed by atoms with Crippen molar-refractivity contribution in [1.29, 1.82) is 0 Å². The first-order valence-corrected chi connectivity index (χ1v) is 11.8. The van der Waals surface area contributed by atoms with Gasteiger partial charge < -0.3 is 11.5 Å². The van der Waals surface area contributed by atoms with Crippen molar-refractivity contribution >= 4 is 11.6 Å². The highest BCUT2D eigenvalue weighted by Crippen LogP contribution is 2.32. The molecule has 4 N–H and O–H groups in total.